The third-order valence-electron chi connectivity index (χ3n) is 4.44. The highest BCUT2D eigenvalue weighted by Gasteiger charge is 2.17. The van der Waals surface area contributed by atoms with Crippen molar-refractivity contribution in [1.29, 1.82) is 0 Å². The Morgan fingerprint density at radius 2 is 1.94 bits per heavy atom. The van der Waals surface area contributed by atoms with Gasteiger partial charge in [0, 0.05) is 13.1 Å². The molecule has 4 heteroatoms. The molecule has 0 radical (unpaired) electrons. The second-order valence-electron chi connectivity index (χ2n) is 5.98. The number of aliphatic imine (C=N–C) groups is 1. The van der Waals surface area contributed by atoms with E-state index in [0.29, 0.717) is 5.96 Å². The molecule has 1 aliphatic carbocycles. The SMILES string of the molecule is CN1CCC(CCNC(N)=NCC2CCC2)CC1. The average molecular weight is 252 g/mol. The molecule has 3 N–H and O–H groups in total. The fourth-order valence-electron chi connectivity index (χ4n) is 2.71. The Hall–Kier alpha value is -0.770. The number of likely N-dealkylation sites (tertiary alicyclic amines) is 1. The van der Waals surface area contributed by atoms with Crippen molar-refractivity contribution in [2.75, 3.05) is 33.2 Å². The molecule has 0 aromatic carbocycles. The molecule has 2 fully saturated rings. The first kappa shape index (κ1) is 13.7. The predicted octanol–water partition coefficient (Wildman–Crippen LogP) is 1.42. The van der Waals surface area contributed by atoms with E-state index < -0.39 is 0 Å². The van der Waals surface area contributed by atoms with E-state index in [4.69, 9.17) is 5.73 Å². The lowest BCUT2D eigenvalue weighted by molar-refractivity contribution is 0.213. The summed E-state index contributed by atoms with van der Waals surface area (Å²) in [5.41, 5.74) is 5.87. The molecule has 1 saturated carbocycles. The van der Waals surface area contributed by atoms with Gasteiger partial charge in [-0.25, -0.2) is 0 Å². The lowest BCUT2D eigenvalue weighted by atomic mass is 9.86. The van der Waals surface area contributed by atoms with Crippen molar-refractivity contribution in [3.8, 4) is 0 Å². The lowest BCUT2D eigenvalue weighted by Crippen LogP contribution is -2.36. The van der Waals surface area contributed by atoms with E-state index in [0.717, 1.165) is 24.9 Å². The third kappa shape index (κ3) is 4.48. The van der Waals surface area contributed by atoms with Gasteiger partial charge in [-0.2, -0.15) is 0 Å². The van der Waals surface area contributed by atoms with E-state index in [2.05, 4.69) is 22.3 Å². The zero-order valence-electron chi connectivity index (χ0n) is 11.7. The summed E-state index contributed by atoms with van der Waals surface area (Å²) in [6, 6.07) is 0. The van der Waals surface area contributed by atoms with Crippen LogP contribution in [0.1, 0.15) is 38.5 Å². The van der Waals surface area contributed by atoms with Crippen molar-refractivity contribution in [3.63, 3.8) is 0 Å². The highest BCUT2D eigenvalue weighted by Crippen LogP contribution is 2.26. The van der Waals surface area contributed by atoms with E-state index in [1.165, 1.54) is 51.6 Å². The molecule has 2 rings (SSSR count). The van der Waals surface area contributed by atoms with E-state index in [1.54, 1.807) is 0 Å². The first-order valence-electron chi connectivity index (χ1n) is 7.46. The fourth-order valence-corrected chi connectivity index (χ4v) is 2.71. The van der Waals surface area contributed by atoms with Crippen LogP contribution in [0.3, 0.4) is 0 Å². The van der Waals surface area contributed by atoms with Crippen LogP contribution in [0.5, 0.6) is 0 Å². The number of piperidine rings is 1. The van der Waals surface area contributed by atoms with Gasteiger partial charge in [-0.05, 0) is 64.1 Å². The Morgan fingerprint density at radius 3 is 2.56 bits per heavy atom. The summed E-state index contributed by atoms with van der Waals surface area (Å²) in [5, 5.41) is 3.26. The molecule has 0 bridgehead atoms. The Kier molecular flexibility index (Phi) is 5.29. The van der Waals surface area contributed by atoms with Crippen LogP contribution in [-0.2, 0) is 0 Å². The number of hydrogen-bond acceptors (Lipinski definition) is 2. The van der Waals surface area contributed by atoms with Gasteiger partial charge < -0.3 is 16.0 Å². The Balaban J connectivity index is 1.53. The molecular formula is C14H28N4. The van der Waals surface area contributed by atoms with Crippen LogP contribution in [0.15, 0.2) is 4.99 Å². The normalized spacial score (nSPS) is 23.9. The molecule has 1 saturated heterocycles. The molecule has 4 nitrogen and oxygen atoms in total. The number of nitrogens with two attached hydrogens (primary N) is 1. The molecule has 2 aliphatic rings. The summed E-state index contributed by atoms with van der Waals surface area (Å²) in [6.07, 6.45) is 7.95. The molecule has 1 aliphatic heterocycles. The number of nitrogens with one attached hydrogen (secondary N) is 1. The van der Waals surface area contributed by atoms with Crippen molar-refractivity contribution in [1.82, 2.24) is 10.2 Å². The van der Waals surface area contributed by atoms with Gasteiger partial charge in [-0.1, -0.05) is 6.42 Å². The van der Waals surface area contributed by atoms with Gasteiger partial charge in [0.05, 0.1) is 0 Å². The standard InChI is InChI=1S/C14H28N4/c1-18-9-6-12(7-10-18)5-8-16-14(15)17-11-13-3-2-4-13/h12-13H,2-11H2,1H3,(H3,15,16,17). The summed E-state index contributed by atoms with van der Waals surface area (Å²) >= 11 is 0. The van der Waals surface area contributed by atoms with Crippen molar-refractivity contribution < 1.29 is 0 Å². The highest BCUT2D eigenvalue weighted by molar-refractivity contribution is 5.77. The molecule has 0 spiro atoms. The van der Waals surface area contributed by atoms with Gasteiger partial charge in [0.2, 0.25) is 0 Å². The molecule has 1 heterocycles. The summed E-state index contributed by atoms with van der Waals surface area (Å²) in [7, 11) is 2.21. The maximum Gasteiger partial charge on any atom is 0.188 e. The van der Waals surface area contributed by atoms with E-state index in [1.807, 2.05) is 0 Å². The van der Waals surface area contributed by atoms with Crippen LogP contribution in [0.25, 0.3) is 0 Å². The molecule has 0 unspecified atom stereocenters. The van der Waals surface area contributed by atoms with Crippen LogP contribution in [-0.4, -0.2) is 44.1 Å². The molecule has 18 heavy (non-hydrogen) atoms. The molecule has 0 aromatic rings. The molecule has 0 amide bonds. The average Bonchev–Trinajstić information content (AvgIpc) is 2.30. The number of rotatable bonds is 5. The van der Waals surface area contributed by atoms with Crippen molar-refractivity contribution in [3.05, 3.63) is 0 Å². The monoisotopic (exact) mass is 252 g/mol. The predicted molar refractivity (Wildman–Crippen MR) is 76.7 cm³/mol. The van der Waals surface area contributed by atoms with Gasteiger partial charge in [0.25, 0.3) is 0 Å². The quantitative estimate of drug-likeness (QED) is 0.575. The summed E-state index contributed by atoms with van der Waals surface area (Å²) in [6.45, 7) is 4.40. The highest BCUT2D eigenvalue weighted by atomic mass is 15.1. The van der Waals surface area contributed by atoms with Crippen LogP contribution in [0.4, 0.5) is 0 Å². The maximum absolute atomic E-state index is 5.87. The van der Waals surface area contributed by atoms with Gasteiger partial charge >= 0.3 is 0 Å². The minimum absolute atomic E-state index is 0.648. The number of nitrogens with zero attached hydrogens (tertiary/aromatic N) is 2. The van der Waals surface area contributed by atoms with Gasteiger partial charge in [-0.15, -0.1) is 0 Å². The lowest BCUT2D eigenvalue weighted by Gasteiger charge is -2.29. The second-order valence-corrected chi connectivity index (χ2v) is 5.98. The molecular weight excluding hydrogens is 224 g/mol. The molecule has 0 atom stereocenters. The molecule has 104 valence electrons. The van der Waals surface area contributed by atoms with Crippen molar-refractivity contribution in [2.24, 2.45) is 22.6 Å². The van der Waals surface area contributed by atoms with Crippen LogP contribution in [0, 0.1) is 11.8 Å². The zero-order valence-corrected chi connectivity index (χ0v) is 11.7. The topological polar surface area (TPSA) is 53.6 Å². The largest absolute Gasteiger partial charge is 0.370 e. The molecule has 0 aromatic heterocycles. The van der Waals surface area contributed by atoms with Gasteiger partial charge in [0.15, 0.2) is 5.96 Å². The van der Waals surface area contributed by atoms with Crippen LogP contribution >= 0.6 is 0 Å². The minimum Gasteiger partial charge on any atom is -0.370 e. The van der Waals surface area contributed by atoms with E-state index in [-0.39, 0.29) is 0 Å². The fraction of sp³-hybridized carbons (Fsp3) is 0.929. The minimum atomic E-state index is 0.648. The van der Waals surface area contributed by atoms with Gasteiger partial charge in [0.1, 0.15) is 0 Å². The first-order valence-corrected chi connectivity index (χ1v) is 7.46. The zero-order chi connectivity index (χ0) is 12.8. The summed E-state index contributed by atoms with van der Waals surface area (Å²) in [4.78, 5) is 6.83. The number of guanidine groups is 1. The van der Waals surface area contributed by atoms with Crippen LogP contribution < -0.4 is 11.1 Å². The maximum atomic E-state index is 5.87. The Bertz CT molecular complexity index is 265. The number of hydrogen-bond donors (Lipinski definition) is 2. The smallest absolute Gasteiger partial charge is 0.188 e. The van der Waals surface area contributed by atoms with E-state index >= 15 is 0 Å². The Morgan fingerprint density at radius 1 is 1.22 bits per heavy atom. The van der Waals surface area contributed by atoms with E-state index in [9.17, 15) is 0 Å². The summed E-state index contributed by atoms with van der Waals surface area (Å²) in [5.74, 6) is 2.32. The Labute approximate surface area is 111 Å². The third-order valence-corrected chi connectivity index (χ3v) is 4.44. The van der Waals surface area contributed by atoms with Gasteiger partial charge in [-0.3, -0.25) is 4.99 Å². The van der Waals surface area contributed by atoms with Crippen LogP contribution in [0.2, 0.25) is 0 Å². The second kappa shape index (κ2) is 6.98. The summed E-state index contributed by atoms with van der Waals surface area (Å²) < 4.78 is 0. The van der Waals surface area contributed by atoms with Crippen molar-refractivity contribution in [2.45, 2.75) is 38.5 Å². The first-order chi connectivity index (χ1) is 8.74. The van der Waals surface area contributed by atoms with Crippen molar-refractivity contribution >= 4 is 5.96 Å².